The third-order valence-electron chi connectivity index (χ3n) is 4.25. The van der Waals surface area contributed by atoms with E-state index in [2.05, 4.69) is 31.4 Å². The van der Waals surface area contributed by atoms with Crippen LogP contribution < -0.4 is 5.32 Å². The van der Waals surface area contributed by atoms with Crippen molar-refractivity contribution in [3.05, 3.63) is 63.1 Å². The lowest BCUT2D eigenvalue weighted by atomic mass is 10.2. The number of amides is 1. The van der Waals surface area contributed by atoms with Crippen LogP contribution in [0, 0.1) is 13.8 Å². The van der Waals surface area contributed by atoms with E-state index in [1.54, 1.807) is 24.0 Å². The predicted molar refractivity (Wildman–Crippen MR) is 106 cm³/mol. The van der Waals surface area contributed by atoms with Crippen LogP contribution in [0.1, 0.15) is 29.9 Å². The van der Waals surface area contributed by atoms with Gasteiger partial charge in [0.15, 0.2) is 0 Å². The molecule has 0 fully saturated rings. The van der Waals surface area contributed by atoms with Gasteiger partial charge in [-0.15, -0.1) is 0 Å². The second-order valence-electron chi connectivity index (χ2n) is 6.10. The lowest BCUT2D eigenvalue weighted by Crippen LogP contribution is -2.24. The number of nitrogens with one attached hydrogen (secondary N) is 1. The van der Waals surface area contributed by atoms with Crippen LogP contribution in [0.25, 0.3) is 0 Å². The Bertz CT molecular complexity index is 949. The van der Waals surface area contributed by atoms with Crippen LogP contribution in [0.15, 0.2) is 41.1 Å². The first-order valence-electron chi connectivity index (χ1n) is 8.14. The number of aromatic nitrogens is 4. The molecule has 8 heteroatoms. The average molecular weight is 437 g/mol. The first-order valence-corrected chi connectivity index (χ1v) is 9.32. The Morgan fingerprint density at radius 2 is 2.08 bits per heavy atom. The van der Waals surface area contributed by atoms with Gasteiger partial charge in [-0.2, -0.15) is 10.2 Å². The van der Waals surface area contributed by atoms with Gasteiger partial charge in [-0.25, -0.2) is 0 Å². The molecule has 2 aromatic heterocycles. The highest BCUT2D eigenvalue weighted by Crippen LogP contribution is 2.24. The van der Waals surface area contributed by atoms with Gasteiger partial charge < -0.3 is 5.32 Å². The van der Waals surface area contributed by atoms with E-state index in [0.717, 1.165) is 27.1 Å². The lowest BCUT2D eigenvalue weighted by molar-refractivity contribution is -0.119. The number of halogens is 2. The summed E-state index contributed by atoms with van der Waals surface area (Å²) in [5, 5.41) is 12.4. The number of hydrogen-bond donors (Lipinski definition) is 1. The molecule has 0 saturated heterocycles. The number of nitrogens with zero attached hydrogens (tertiary/aromatic N) is 4. The van der Waals surface area contributed by atoms with Gasteiger partial charge >= 0.3 is 0 Å². The lowest BCUT2D eigenvalue weighted by Gasteiger charge is -2.13. The molecule has 1 N–H and O–H groups in total. The van der Waals surface area contributed by atoms with Crippen LogP contribution in [-0.4, -0.2) is 25.5 Å². The molecule has 136 valence electrons. The molecule has 2 heterocycles. The number of benzene rings is 1. The number of hydrogen-bond acceptors (Lipinski definition) is 3. The van der Waals surface area contributed by atoms with E-state index in [1.807, 2.05) is 42.8 Å². The largest absolute Gasteiger partial charge is 0.321 e. The summed E-state index contributed by atoms with van der Waals surface area (Å²) in [7, 11) is 0. The van der Waals surface area contributed by atoms with Gasteiger partial charge in [0.2, 0.25) is 5.91 Å². The van der Waals surface area contributed by atoms with Gasteiger partial charge in [-0.3, -0.25) is 14.2 Å². The Kier molecular flexibility index (Phi) is 5.48. The van der Waals surface area contributed by atoms with Crippen molar-refractivity contribution >= 4 is 39.1 Å². The van der Waals surface area contributed by atoms with E-state index in [9.17, 15) is 4.79 Å². The molecule has 0 bridgehead atoms. The minimum absolute atomic E-state index is 0.149. The van der Waals surface area contributed by atoms with Crippen LogP contribution in [0.2, 0.25) is 5.02 Å². The first-order chi connectivity index (χ1) is 12.4. The molecule has 6 nitrogen and oxygen atoms in total. The van der Waals surface area contributed by atoms with Crippen LogP contribution >= 0.6 is 27.5 Å². The molecule has 3 aromatic rings. The topological polar surface area (TPSA) is 64.7 Å². The molecular formula is C18H19BrClN5O. The summed E-state index contributed by atoms with van der Waals surface area (Å²) in [4.78, 5) is 12.6. The smallest absolute Gasteiger partial charge is 0.249 e. The van der Waals surface area contributed by atoms with E-state index in [-0.39, 0.29) is 5.91 Å². The summed E-state index contributed by atoms with van der Waals surface area (Å²) < 4.78 is 4.29. The second kappa shape index (κ2) is 7.63. The molecule has 0 aliphatic heterocycles. The SMILES string of the molecule is Cc1nn(Cc2ccccc2Cl)c(C)c1NC(=O)C(C)n1cc(Br)cn1. The summed E-state index contributed by atoms with van der Waals surface area (Å²) in [5.74, 6) is -0.149. The third-order valence-corrected chi connectivity index (χ3v) is 5.03. The Morgan fingerprint density at radius 3 is 2.73 bits per heavy atom. The first kappa shape index (κ1) is 18.7. The monoisotopic (exact) mass is 435 g/mol. The summed E-state index contributed by atoms with van der Waals surface area (Å²) in [6.45, 7) is 6.15. The van der Waals surface area contributed by atoms with Gasteiger partial charge in [0.1, 0.15) is 6.04 Å². The van der Waals surface area contributed by atoms with Crippen LogP contribution in [-0.2, 0) is 11.3 Å². The second-order valence-corrected chi connectivity index (χ2v) is 7.42. The zero-order valence-corrected chi connectivity index (χ0v) is 17.0. The summed E-state index contributed by atoms with van der Waals surface area (Å²) in [6, 6.07) is 7.23. The molecule has 1 atom stereocenters. The Balaban J connectivity index is 1.79. The fraction of sp³-hybridized carbons (Fsp3) is 0.278. The third kappa shape index (κ3) is 3.83. The minimum Gasteiger partial charge on any atom is -0.321 e. The highest BCUT2D eigenvalue weighted by Gasteiger charge is 2.20. The molecule has 0 radical (unpaired) electrons. The molecule has 1 amide bonds. The van der Waals surface area contributed by atoms with Crippen molar-refractivity contribution in [1.29, 1.82) is 0 Å². The summed E-state index contributed by atoms with van der Waals surface area (Å²) in [6.07, 6.45) is 3.42. The molecule has 0 spiro atoms. The van der Waals surface area contributed by atoms with Crippen molar-refractivity contribution < 1.29 is 4.79 Å². The molecule has 1 aromatic carbocycles. The number of carbonyl (C=O) groups is 1. The van der Waals surface area contributed by atoms with E-state index >= 15 is 0 Å². The number of rotatable bonds is 5. The van der Waals surface area contributed by atoms with Crippen molar-refractivity contribution in [2.24, 2.45) is 0 Å². The van der Waals surface area contributed by atoms with Crippen molar-refractivity contribution in [2.75, 3.05) is 5.32 Å². The maximum atomic E-state index is 12.6. The van der Waals surface area contributed by atoms with Gasteiger partial charge in [-0.05, 0) is 48.3 Å². The van der Waals surface area contributed by atoms with Crippen molar-refractivity contribution in [3.8, 4) is 0 Å². The zero-order valence-electron chi connectivity index (χ0n) is 14.7. The summed E-state index contributed by atoms with van der Waals surface area (Å²) in [5.41, 5.74) is 3.34. The maximum absolute atomic E-state index is 12.6. The fourth-order valence-corrected chi connectivity index (χ4v) is 3.19. The Hall–Kier alpha value is -2.12. The number of carbonyl (C=O) groups excluding carboxylic acids is 1. The van der Waals surface area contributed by atoms with Crippen molar-refractivity contribution in [2.45, 2.75) is 33.4 Å². The van der Waals surface area contributed by atoms with Gasteiger partial charge in [0, 0.05) is 11.2 Å². The molecule has 3 rings (SSSR count). The van der Waals surface area contributed by atoms with Gasteiger partial charge in [0.25, 0.3) is 0 Å². The molecule has 0 aliphatic carbocycles. The average Bonchev–Trinajstić information content (AvgIpc) is 3.15. The number of aryl methyl sites for hydroxylation is 1. The highest BCUT2D eigenvalue weighted by atomic mass is 79.9. The van der Waals surface area contributed by atoms with Crippen molar-refractivity contribution in [3.63, 3.8) is 0 Å². The zero-order chi connectivity index (χ0) is 18.8. The van der Waals surface area contributed by atoms with Crippen LogP contribution in [0.4, 0.5) is 5.69 Å². The van der Waals surface area contributed by atoms with Gasteiger partial charge in [0.05, 0.1) is 34.3 Å². The normalized spacial score (nSPS) is 12.2. The molecular weight excluding hydrogens is 418 g/mol. The standard InChI is InChI=1S/C18H19BrClN5O/c1-11-17(22-18(26)13(3)24-10-15(19)8-21-24)12(2)25(23-11)9-14-6-4-5-7-16(14)20/h4-8,10,13H,9H2,1-3H3,(H,22,26). The molecule has 0 aliphatic rings. The Labute approximate surface area is 165 Å². The van der Waals surface area contributed by atoms with Crippen molar-refractivity contribution in [1.82, 2.24) is 19.6 Å². The van der Waals surface area contributed by atoms with E-state index in [1.165, 1.54) is 0 Å². The summed E-state index contributed by atoms with van der Waals surface area (Å²) >= 11 is 9.59. The van der Waals surface area contributed by atoms with Crippen LogP contribution in [0.5, 0.6) is 0 Å². The fourth-order valence-electron chi connectivity index (χ4n) is 2.69. The Morgan fingerprint density at radius 1 is 1.35 bits per heavy atom. The number of anilines is 1. The van der Waals surface area contributed by atoms with Gasteiger partial charge in [-0.1, -0.05) is 29.8 Å². The van der Waals surface area contributed by atoms with E-state index in [4.69, 9.17) is 11.6 Å². The van der Waals surface area contributed by atoms with Crippen LogP contribution in [0.3, 0.4) is 0 Å². The molecule has 26 heavy (non-hydrogen) atoms. The van der Waals surface area contributed by atoms with E-state index < -0.39 is 6.04 Å². The molecule has 1 unspecified atom stereocenters. The maximum Gasteiger partial charge on any atom is 0.249 e. The molecule has 0 saturated carbocycles. The minimum atomic E-state index is -0.438. The van der Waals surface area contributed by atoms with E-state index in [0.29, 0.717) is 11.6 Å². The quantitative estimate of drug-likeness (QED) is 0.646. The highest BCUT2D eigenvalue weighted by molar-refractivity contribution is 9.10. The predicted octanol–water partition coefficient (Wildman–Crippen LogP) is 4.36.